The molecule has 1 radical (unpaired) electrons. The number of rotatable bonds is 5. The second kappa shape index (κ2) is 7.69. The fourth-order valence-corrected chi connectivity index (χ4v) is 5.27. The third kappa shape index (κ3) is 3.62. The molecular formula is C24H21OSi. The highest BCUT2D eigenvalue weighted by Crippen LogP contribution is 2.23. The van der Waals surface area contributed by atoms with Crippen molar-refractivity contribution >= 4 is 30.2 Å². The molecule has 0 aliphatic carbocycles. The van der Waals surface area contributed by atoms with Gasteiger partial charge in [0.15, 0.2) is 0 Å². The Bertz CT molecular complexity index is 943. The molecule has 26 heavy (non-hydrogen) atoms. The van der Waals surface area contributed by atoms with Crippen molar-refractivity contribution in [1.82, 2.24) is 0 Å². The molecule has 4 aromatic carbocycles. The molecule has 2 heteroatoms. The molecule has 127 valence electrons. The van der Waals surface area contributed by atoms with E-state index in [9.17, 15) is 0 Å². The molecule has 0 saturated heterocycles. The van der Waals surface area contributed by atoms with Crippen LogP contribution < -0.4 is 10.4 Å². The van der Waals surface area contributed by atoms with E-state index in [1.807, 2.05) is 0 Å². The molecule has 1 nitrogen and oxygen atoms in total. The van der Waals surface area contributed by atoms with Gasteiger partial charge in [0, 0.05) is 0 Å². The maximum Gasteiger partial charge on any atom is 0.283 e. The van der Waals surface area contributed by atoms with Gasteiger partial charge in [0.05, 0.1) is 6.10 Å². The van der Waals surface area contributed by atoms with Gasteiger partial charge in [-0.1, -0.05) is 97.1 Å². The van der Waals surface area contributed by atoms with E-state index in [2.05, 4.69) is 110 Å². The second-order valence-corrected chi connectivity index (χ2v) is 8.48. The zero-order chi connectivity index (χ0) is 17.8. The quantitative estimate of drug-likeness (QED) is 0.472. The molecule has 0 aliphatic heterocycles. The predicted octanol–water partition coefficient (Wildman–Crippen LogP) is 4.72. The van der Waals surface area contributed by atoms with Crippen LogP contribution in [0.25, 0.3) is 10.8 Å². The first-order valence-corrected chi connectivity index (χ1v) is 10.4. The molecule has 0 amide bonds. The van der Waals surface area contributed by atoms with Gasteiger partial charge < -0.3 is 4.43 Å². The molecule has 0 saturated carbocycles. The highest BCUT2D eigenvalue weighted by Gasteiger charge is 2.22. The minimum absolute atomic E-state index is 0.0360. The predicted molar refractivity (Wildman–Crippen MR) is 111 cm³/mol. The van der Waals surface area contributed by atoms with Gasteiger partial charge >= 0.3 is 0 Å². The van der Waals surface area contributed by atoms with Crippen LogP contribution in [0.1, 0.15) is 18.6 Å². The number of benzene rings is 4. The Balaban J connectivity index is 1.66. The van der Waals surface area contributed by atoms with Gasteiger partial charge in [0.2, 0.25) is 0 Å². The lowest BCUT2D eigenvalue weighted by Crippen LogP contribution is -2.45. The molecular weight excluding hydrogens is 332 g/mol. The summed E-state index contributed by atoms with van der Waals surface area (Å²) >= 11 is 0. The van der Waals surface area contributed by atoms with E-state index in [1.54, 1.807) is 0 Å². The van der Waals surface area contributed by atoms with Gasteiger partial charge in [0.1, 0.15) is 0 Å². The fourth-order valence-electron chi connectivity index (χ4n) is 3.19. The van der Waals surface area contributed by atoms with Crippen LogP contribution in [0, 0.1) is 0 Å². The first-order chi connectivity index (χ1) is 12.8. The van der Waals surface area contributed by atoms with Crippen molar-refractivity contribution in [1.29, 1.82) is 0 Å². The summed E-state index contributed by atoms with van der Waals surface area (Å²) in [5.41, 5.74) is 1.22. The molecule has 0 fully saturated rings. The minimum Gasteiger partial charge on any atom is -0.400 e. The lowest BCUT2D eigenvalue weighted by Gasteiger charge is -2.22. The molecule has 1 unspecified atom stereocenters. The summed E-state index contributed by atoms with van der Waals surface area (Å²) in [6.07, 6.45) is 0.0360. The lowest BCUT2D eigenvalue weighted by atomic mass is 10.0. The Hall–Kier alpha value is -2.68. The van der Waals surface area contributed by atoms with Crippen molar-refractivity contribution in [3.63, 3.8) is 0 Å². The summed E-state index contributed by atoms with van der Waals surface area (Å²) in [4.78, 5) is 0. The van der Waals surface area contributed by atoms with E-state index in [4.69, 9.17) is 4.43 Å². The summed E-state index contributed by atoms with van der Waals surface area (Å²) in [5.74, 6) is 0. The van der Waals surface area contributed by atoms with Crippen LogP contribution in [0.15, 0.2) is 103 Å². The van der Waals surface area contributed by atoms with Crippen LogP contribution in [0.2, 0.25) is 0 Å². The van der Waals surface area contributed by atoms with Crippen molar-refractivity contribution in [2.75, 3.05) is 0 Å². The van der Waals surface area contributed by atoms with Gasteiger partial charge in [-0.15, -0.1) is 0 Å². The highest BCUT2D eigenvalue weighted by atomic mass is 28.3. The standard InChI is InChI=1S/C24H21OSi/c1-19(21-17-16-20-10-8-9-11-22(20)18-21)25-26(23-12-4-2-5-13-23)24-14-6-3-7-15-24/h2-19H,1H3. The molecule has 0 heterocycles. The lowest BCUT2D eigenvalue weighted by molar-refractivity contribution is 0.237. The summed E-state index contributed by atoms with van der Waals surface area (Å²) < 4.78 is 6.66. The Morgan fingerprint density at radius 1 is 0.615 bits per heavy atom. The summed E-state index contributed by atoms with van der Waals surface area (Å²) in [5, 5.41) is 5.07. The smallest absolute Gasteiger partial charge is 0.283 e. The first-order valence-electron chi connectivity index (χ1n) is 8.94. The Morgan fingerprint density at radius 3 is 1.77 bits per heavy atom. The van der Waals surface area contributed by atoms with E-state index < -0.39 is 9.04 Å². The van der Waals surface area contributed by atoms with Crippen LogP contribution in [0.4, 0.5) is 0 Å². The Labute approximate surface area is 156 Å². The van der Waals surface area contributed by atoms with E-state index in [-0.39, 0.29) is 6.10 Å². The van der Waals surface area contributed by atoms with Crippen molar-refractivity contribution < 1.29 is 4.43 Å². The third-order valence-corrected chi connectivity index (χ3v) is 6.91. The molecule has 4 aromatic rings. The minimum atomic E-state index is -1.30. The van der Waals surface area contributed by atoms with Gasteiger partial charge in [-0.05, 0) is 39.7 Å². The number of hydrogen-bond donors (Lipinski definition) is 0. The average molecular weight is 354 g/mol. The fraction of sp³-hybridized carbons (Fsp3) is 0.0833. The molecule has 0 aliphatic rings. The van der Waals surface area contributed by atoms with Gasteiger partial charge in [-0.2, -0.15) is 0 Å². The molecule has 0 aromatic heterocycles. The van der Waals surface area contributed by atoms with E-state index in [0.717, 1.165) is 0 Å². The normalized spacial score (nSPS) is 12.4. The third-order valence-electron chi connectivity index (χ3n) is 4.61. The van der Waals surface area contributed by atoms with Crippen molar-refractivity contribution in [2.45, 2.75) is 13.0 Å². The van der Waals surface area contributed by atoms with Crippen molar-refractivity contribution in [3.05, 3.63) is 109 Å². The maximum atomic E-state index is 6.66. The zero-order valence-electron chi connectivity index (χ0n) is 14.8. The van der Waals surface area contributed by atoms with Crippen LogP contribution in [0.5, 0.6) is 0 Å². The average Bonchev–Trinajstić information content (AvgIpc) is 2.72. The molecule has 0 spiro atoms. The number of fused-ring (bicyclic) bond motifs is 1. The van der Waals surface area contributed by atoms with Crippen LogP contribution >= 0.6 is 0 Å². The second-order valence-electron chi connectivity index (χ2n) is 6.43. The SMILES string of the molecule is CC(O[Si](c1ccccc1)c1ccccc1)c1ccc2ccccc2c1. The van der Waals surface area contributed by atoms with Crippen LogP contribution in [-0.2, 0) is 4.43 Å². The van der Waals surface area contributed by atoms with Crippen LogP contribution in [-0.4, -0.2) is 9.04 Å². The molecule has 4 rings (SSSR count). The summed E-state index contributed by atoms with van der Waals surface area (Å²) in [6, 6.07) is 36.3. The highest BCUT2D eigenvalue weighted by molar-refractivity contribution is 6.80. The van der Waals surface area contributed by atoms with Gasteiger partial charge in [-0.3, -0.25) is 0 Å². The van der Waals surface area contributed by atoms with Gasteiger partial charge in [-0.25, -0.2) is 0 Å². The summed E-state index contributed by atoms with van der Waals surface area (Å²) in [6.45, 7) is 2.15. The largest absolute Gasteiger partial charge is 0.400 e. The number of hydrogen-bond acceptors (Lipinski definition) is 1. The first kappa shape index (κ1) is 16.8. The summed E-state index contributed by atoms with van der Waals surface area (Å²) in [7, 11) is -1.30. The van der Waals surface area contributed by atoms with Crippen LogP contribution in [0.3, 0.4) is 0 Å². The maximum absolute atomic E-state index is 6.66. The van der Waals surface area contributed by atoms with E-state index >= 15 is 0 Å². The van der Waals surface area contributed by atoms with E-state index in [0.29, 0.717) is 0 Å². The molecule has 0 N–H and O–H groups in total. The zero-order valence-corrected chi connectivity index (χ0v) is 15.8. The van der Waals surface area contributed by atoms with Gasteiger partial charge in [0.25, 0.3) is 9.04 Å². The Kier molecular flexibility index (Phi) is 4.96. The van der Waals surface area contributed by atoms with Crippen molar-refractivity contribution in [2.24, 2.45) is 0 Å². The Morgan fingerprint density at radius 2 is 1.15 bits per heavy atom. The topological polar surface area (TPSA) is 9.23 Å². The molecule has 0 bridgehead atoms. The van der Waals surface area contributed by atoms with Crippen molar-refractivity contribution in [3.8, 4) is 0 Å². The van der Waals surface area contributed by atoms with E-state index in [1.165, 1.54) is 26.7 Å². The monoisotopic (exact) mass is 353 g/mol. The molecule has 1 atom stereocenters.